The highest BCUT2D eigenvalue weighted by atomic mass is 16.5. The van der Waals surface area contributed by atoms with Crippen LogP contribution in [0.15, 0.2) is 23.5 Å². The third-order valence-electron chi connectivity index (χ3n) is 1.71. The van der Waals surface area contributed by atoms with Crippen molar-refractivity contribution in [1.82, 2.24) is 0 Å². The first-order chi connectivity index (χ1) is 6.16. The van der Waals surface area contributed by atoms with Gasteiger partial charge in [0.2, 0.25) is 5.78 Å². The Balaban J connectivity index is 2.77. The highest BCUT2D eigenvalue weighted by molar-refractivity contribution is 6.23. The second kappa shape index (κ2) is 4.00. The maximum absolute atomic E-state index is 11.4. The molecule has 0 radical (unpaired) electrons. The summed E-state index contributed by atoms with van der Waals surface area (Å²) in [7, 11) is 0. The zero-order chi connectivity index (χ0) is 9.84. The highest BCUT2D eigenvalue weighted by Crippen LogP contribution is 2.07. The Labute approximate surface area is 76.3 Å². The van der Waals surface area contributed by atoms with Crippen LogP contribution in [0.5, 0.6) is 0 Å². The third kappa shape index (κ3) is 2.03. The number of carbonyl (C=O) groups excluding carboxylic acids is 2. The van der Waals surface area contributed by atoms with E-state index in [0.717, 1.165) is 0 Å². The summed E-state index contributed by atoms with van der Waals surface area (Å²) in [4.78, 5) is 22.6. The van der Waals surface area contributed by atoms with Crippen molar-refractivity contribution in [2.45, 2.75) is 13.8 Å². The number of allylic oxidation sites excluding steroid dienone is 1. The van der Waals surface area contributed by atoms with Crippen LogP contribution in [-0.2, 0) is 14.3 Å². The van der Waals surface area contributed by atoms with Gasteiger partial charge in [-0.2, -0.15) is 0 Å². The van der Waals surface area contributed by atoms with E-state index in [9.17, 15) is 9.59 Å². The summed E-state index contributed by atoms with van der Waals surface area (Å²) in [6, 6.07) is 0. The molecule has 2 N–H and O–H groups in total. The maximum Gasteiger partial charge on any atom is 0.347 e. The van der Waals surface area contributed by atoms with Crippen molar-refractivity contribution in [3.8, 4) is 0 Å². The first-order valence-corrected chi connectivity index (χ1v) is 4.10. The fraction of sp³-hybridized carbons (Fsp3) is 0.333. The summed E-state index contributed by atoms with van der Waals surface area (Å²) >= 11 is 0. The molecular weight excluding hydrogens is 170 g/mol. The predicted molar refractivity (Wildman–Crippen MR) is 45.4 cm³/mol. The van der Waals surface area contributed by atoms with Crippen molar-refractivity contribution in [2.24, 2.45) is 0 Å². The van der Waals surface area contributed by atoms with Gasteiger partial charge in [-0.25, -0.2) is 4.79 Å². The number of rotatable bonds is 2. The summed E-state index contributed by atoms with van der Waals surface area (Å²) in [5.41, 5.74) is 0.674. The maximum atomic E-state index is 11.4. The van der Waals surface area contributed by atoms with E-state index in [4.69, 9.17) is 4.74 Å². The molecule has 0 unspecified atom stereocenters. The number of esters is 1. The third-order valence-corrected chi connectivity index (χ3v) is 1.71. The molecule has 1 aliphatic rings. The quantitative estimate of drug-likeness (QED) is 0.462. The molecule has 0 bridgehead atoms. The van der Waals surface area contributed by atoms with Gasteiger partial charge >= 0.3 is 5.97 Å². The second-order valence-electron chi connectivity index (χ2n) is 2.67. The van der Waals surface area contributed by atoms with Crippen molar-refractivity contribution in [3.63, 3.8) is 0 Å². The van der Waals surface area contributed by atoms with Crippen molar-refractivity contribution >= 4 is 11.8 Å². The lowest BCUT2D eigenvalue weighted by Gasteiger charge is -2.07. The van der Waals surface area contributed by atoms with Crippen molar-refractivity contribution in [2.75, 3.05) is 6.61 Å². The Hall–Kier alpha value is -1.42. The van der Waals surface area contributed by atoms with Crippen LogP contribution in [0.2, 0.25) is 0 Å². The molecule has 0 saturated carbocycles. The fourth-order valence-corrected chi connectivity index (χ4v) is 1.02. The molecule has 0 aromatic rings. The topological polar surface area (TPSA) is 60.0 Å². The largest absolute Gasteiger partial charge is 0.462 e. The van der Waals surface area contributed by atoms with Crippen molar-refractivity contribution in [1.29, 1.82) is 0 Å². The minimum atomic E-state index is -0.545. The van der Waals surface area contributed by atoms with E-state index < -0.39 is 5.97 Å². The average molecular weight is 182 g/mol. The van der Waals surface area contributed by atoms with Gasteiger partial charge in [0.25, 0.3) is 0 Å². The lowest BCUT2D eigenvalue weighted by molar-refractivity contribution is -0.516. The van der Waals surface area contributed by atoms with E-state index in [2.05, 4.69) is 0 Å². The summed E-state index contributed by atoms with van der Waals surface area (Å²) in [5.74, 6) is -0.794. The Bertz CT molecular complexity index is 302. The van der Waals surface area contributed by atoms with E-state index in [1.807, 2.05) is 0 Å². The summed E-state index contributed by atoms with van der Waals surface area (Å²) in [6.45, 7) is 3.66. The highest BCUT2D eigenvalue weighted by Gasteiger charge is 2.25. The first-order valence-electron chi connectivity index (χ1n) is 4.10. The Kier molecular flexibility index (Phi) is 2.97. The molecule has 0 aliphatic carbocycles. The number of hydrogen-bond acceptors (Lipinski definition) is 3. The minimum absolute atomic E-state index is 0.113. The van der Waals surface area contributed by atoms with Crippen LogP contribution >= 0.6 is 0 Å². The number of carbonyl (C=O) groups is 2. The number of ketones is 1. The Morgan fingerprint density at radius 2 is 2.23 bits per heavy atom. The summed E-state index contributed by atoms with van der Waals surface area (Å²) < 4.78 is 4.72. The summed E-state index contributed by atoms with van der Waals surface area (Å²) in [5, 5.41) is 1.67. The van der Waals surface area contributed by atoms with Gasteiger partial charge in [-0.1, -0.05) is 0 Å². The predicted octanol–water partition coefficient (Wildman–Crippen LogP) is -0.517. The van der Waals surface area contributed by atoms with E-state index in [1.54, 1.807) is 25.4 Å². The second-order valence-corrected chi connectivity index (χ2v) is 2.67. The van der Waals surface area contributed by atoms with Gasteiger partial charge in [-0.05, 0) is 13.8 Å². The van der Waals surface area contributed by atoms with Gasteiger partial charge in [0.05, 0.1) is 12.2 Å². The van der Waals surface area contributed by atoms with Crippen LogP contribution in [0.4, 0.5) is 0 Å². The van der Waals surface area contributed by atoms with Crippen LogP contribution in [0.3, 0.4) is 0 Å². The molecule has 0 aromatic heterocycles. The summed E-state index contributed by atoms with van der Waals surface area (Å²) in [6.07, 6.45) is 3.15. The molecule has 13 heavy (non-hydrogen) atoms. The zero-order valence-corrected chi connectivity index (χ0v) is 7.66. The lowest BCUT2D eigenvalue weighted by atomic mass is 10.1. The molecular formula is C9H12NO3+. The van der Waals surface area contributed by atoms with E-state index in [1.165, 1.54) is 6.20 Å². The number of hydrogen-bond donors (Lipinski definition) is 1. The van der Waals surface area contributed by atoms with Crippen LogP contribution < -0.4 is 5.32 Å². The molecule has 0 atom stereocenters. The number of ether oxygens (including phenoxy) is 1. The zero-order valence-electron chi connectivity index (χ0n) is 7.66. The molecule has 1 rings (SSSR count). The molecule has 0 aromatic carbocycles. The SMILES string of the molecule is CCOC(=O)C1=C[NH2+]C=C(C)C1=O. The molecule has 0 fully saturated rings. The smallest absolute Gasteiger partial charge is 0.347 e. The van der Waals surface area contributed by atoms with Gasteiger partial charge in [0, 0.05) is 0 Å². The minimum Gasteiger partial charge on any atom is -0.462 e. The average Bonchev–Trinajstić information content (AvgIpc) is 2.10. The van der Waals surface area contributed by atoms with Gasteiger partial charge in [0.1, 0.15) is 12.4 Å². The molecule has 1 heterocycles. The number of quaternary nitrogens is 1. The first kappa shape index (κ1) is 9.67. The normalized spacial score (nSPS) is 16.3. The monoisotopic (exact) mass is 182 g/mol. The molecule has 0 spiro atoms. The molecule has 1 aliphatic heterocycles. The van der Waals surface area contributed by atoms with Crippen molar-refractivity contribution < 1.29 is 19.6 Å². The molecule has 0 saturated heterocycles. The number of Topliss-reactive ketones (excluding diaryl/α,β-unsaturated/α-hetero) is 1. The van der Waals surface area contributed by atoms with Gasteiger partial charge < -0.3 is 4.74 Å². The van der Waals surface area contributed by atoms with E-state index >= 15 is 0 Å². The fourth-order valence-electron chi connectivity index (χ4n) is 1.02. The van der Waals surface area contributed by atoms with Gasteiger partial charge in [-0.15, -0.1) is 0 Å². The van der Waals surface area contributed by atoms with Crippen LogP contribution in [0, 0.1) is 0 Å². The van der Waals surface area contributed by atoms with Crippen molar-refractivity contribution in [3.05, 3.63) is 23.5 Å². The Morgan fingerprint density at radius 3 is 2.85 bits per heavy atom. The molecule has 0 amide bonds. The van der Waals surface area contributed by atoms with Crippen LogP contribution in [0.25, 0.3) is 0 Å². The standard InChI is InChI=1S/C9H11NO3/c1-3-13-9(12)7-5-10-4-6(2)8(7)11/h4-5H,3H2,1-2H3,(H,10,11)/p+1. The van der Waals surface area contributed by atoms with Gasteiger partial charge in [-0.3, -0.25) is 10.1 Å². The lowest BCUT2D eigenvalue weighted by Crippen LogP contribution is -2.73. The van der Waals surface area contributed by atoms with E-state index in [0.29, 0.717) is 5.57 Å². The molecule has 4 heteroatoms. The van der Waals surface area contributed by atoms with Gasteiger partial charge in [0.15, 0.2) is 5.57 Å². The van der Waals surface area contributed by atoms with E-state index in [-0.39, 0.29) is 18.0 Å². The Morgan fingerprint density at radius 1 is 1.54 bits per heavy atom. The molecule has 70 valence electrons. The number of nitrogens with two attached hydrogens (primary N) is 1. The van der Waals surface area contributed by atoms with Crippen LogP contribution in [0.1, 0.15) is 13.8 Å². The van der Waals surface area contributed by atoms with Crippen LogP contribution in [-0.4, -0.2) is 18.4 Å². The molecule has 4 nitrogen and oxygen atoms in total.